The Hall–Kier alpha value is -3.13. The fourth-order valence-corrected chi connectivity index (χ4v) is 3.64. The zero-order valence-electron chi connectivity index (χ0n) is 19.0. The minimum Gasteiger partial charge on any atom is -0.483 e. The predicted molar refractivity (Wildman–Crippen MR) is 123 cm³/mol. The van der Waals surface area contributed by atoms with Gasteiger partial charge in [-0.1, -0.05) is 19.1 Å². The summed E-state index contributed by atoms with van der Waals surface area (Å²) in [6.45, 7) is 12.4. The number of aryl methyl sites for hydroxylation is 4. The third kappa shape index (κ3) is 7.25. The quantitative estimate of drug-likeness (QED) is 0.426. The van der Waals surface area contributed by atoms with E-state index < -0.39 is 0 Å². The van der Waals surface area contributed by atoms with E-state index in [1.54, 1.807) is 0 Å². The molecule has 0 amide bonds. The number of imidazole rings is 1. The van der Waals surface area contributed by atoms with E-state index in [0.717, 1.165) is 31.8 Å². The average molecular weight is 431 g/mol. The summed E-state index contributed by atoms with van der Waals surface area (Å²) >= 11 is 0. The molecule has 0 aliphatic heterocycles. The van der Waals surface area contributed by atoms with Gasteiger partial charge in [0, 0.05) is 48.0 Å². The van der Waals surface area contributed by atoms with Gasteiger partial charge in [0.15, 0.2) is 0 Å². The van der Waals surface area contributed by atoms with E-state index in [2.05, 4.69) is 72.8 Å². The standard InChI is InChI=1S/C21H30N4.2CH2O2/c1-6-20-23-11-12-25(20)13-15(3)22-10-9-18-17(5)24-21-16(4)14(2)7-8-19(18)21;2*2-1-3/h7-8,11-12,15,22,24H,6,9-10,13H2,1-5H3;2*1H,(H,2,3). The average Bonchev–Trinajstić information content (AvgIpc) is 3.30. The van der Waals surface area contributed by atoms with Gasteiger partial charge in [0.1, 0.15) is 5.82 Å². The van der Waals surface area contributed by atoms with Gasteiger partial charge in [-0.25, -0.2) is 4.98 Å². The van der Waals surface area contributed by atoms with Gasteiger partial charge in [0.2, 0.25) is 0 Å². The van der Waals surface area contributed by atoms with Gasteiger partial charge in [-0.15, -0.1) is 0 Å². The normalized spacial score (nSPS) is 11.1. The number of H-pyrrole nitrogens is 1. The summed E-state index contributed by atoms with van der Waals surface area (Å²) in [7, 11) is 0. The molecule has 170 valence electrons. The number of rotatable bonds is 7. The molecule has 0 aliphatic rings. The summed E-state index contributed by atoms with van der Waals surface area (Å²) in [5, 5.41) is 18.8. The van der Waals surface area contributed by atoms with Crippen molar-refractivity contribution in [1.29, 1.82) is 0 Å². The summed E-state index contributed by atoms with van der Waals surface area (Å²) in [5.41, 5.74) is 6.74. The third-order valence-corrected chi connectivity index (χ3v) is 5.28. The van der Waals surface area contributed by atoms with E-state index in [0.29, 0.717) is 6.04 Å². The predicted octanol–water partition coefficient (Wildman–Crippen LogP) is 3.47. The molecule has 0 fully saturated rings. The molecule has 0 saturated heterocycles. The molecule has 0 bridgehead atoms. The van der Waals surface area contributed by atoms with Crippen molar-refractivity contribution in [1.82, 2.24) is 19.9 Å². The molecule has 8 nitrogen and oxygen atoms in total. The van der Waals surface area contributed by atoms with Crippen LogP contribution in [0.2, 0.25) is 0 Å². The van der Waals surface area contributed by atoms with Gasteiger partial charge >= 0.3 is 0 Å². The molecule has 0 spiro atoms. The van der Waals surface area contributed by atoms with Crippen LogP contribution in [0, 0.1) is 20.8 Å². The summed E-state index contributed by atoms with van der Waals surface area (Å²) in [6.07, 6.45) is 5.99. The molecule has 0 radical (unpaired) electrons. The van der Waals surface area contributed by atoms with Crippen LogP contribution >= 0.6 is 0 Å². The van der Waals surface area contributed by atoms with Crippen molar-refractivity contribution in [3.05, 3.63) is 52.7 Å². The van der Waals surface area contributed by atoms with Crippen LogP contribution in [0.25, 0.3) is 10.9 Å². The first-order chi connectivity index (χ1) is 14.8. The highest BCUT2D eigenvalue weighted by Crippen LogP contribution is 2.26. The van der Waals surface area contributed by atoms with Crippen LogP contribution in [0.15, 0.2) is 24.5 Å². The first-order valence-corrected chi connectivity index (χ1v) is 10.3. The number of hydrogen-bond donors (Lipinski definition) is 4. The van der Waals surface area contributed by atoms with Gasteiger partial charge in [-0.2, -0.15) is 0 Å². The maximum atomic E-state index is 8.36. The number of nitrogens with zero attached hydrogens (tertiary/aromatic N) is 2. The van der Waals surface area contributed by atoms with Gasteiger partial charge in [0.25, 0.3) is 12.9 Å². The molecule has 3 aromatic rings. The Labute approximate surface area is 183 Å². The molecule has 2 heterocycles. The highest BCUT2D eigenvalue weighted by Gasteiger charge is 2.12. The summed E-state index contributed by atoms with van der Waals surface area (Å²) in [4.78, 5) is 24.7. The Morgan fingerprint density at radius 2 is 1.84 bits per heavy atom. The largest absolute Gasteiger partial charge is 0.483 e. The lowest BCUT2D eigenvalue weighted by atomic mass is 10.0. The summed E-state index contributed by atoms with van der Waals surface area (Å²) in [5.74, 6) is 1.16. The number of aromatic amines is 1. The molecule has 1 atom stereocenters. The first-order valence-electron chi connectivity index (χ1n) is 10.3. The Bertz CT molecular complexity index is 956. The van der Waals surface area contributed by atoms with Crippen molar-refractivity contribution < 1.29 is 19.8 Å². The van der Waals surface area contributed by atoms with Crippen molar-refractivity contribution in [3.8, 4) is 0 Å². The fraction of sp³-hybridized carbons (Fsp3) is 0.435. The maximum absolute atomic E-state index is 8.36. The van der Waals surface area contributed by atoms with Crippen molar-refractivity contribution >= 4 is 23.8 Å². The Kier molecular flexibility index (Phi) is 11.1. The second-order valence-electron chi connectivity index (χ2n) is 7.32. The topological polar surface area (TPSA) is 120 Å². The summed E-state index contributed by atoms with van der Waals surface area (Å²) in [6, 6.07) is 4.92. The minimum absolute atomic E-state index is 0.250. The highest BCUT2D eigenvalue weighted by atomic mass is 16.3. The van der Waals surface area contributed by atoms with Crippen LogP contribution < -0.4 is 5.32 Å². The number of hydrogen-bond acceptors (Lipinski definition) is 4. The number of aromatic nitrogens is 3. The van der Waals surface area contributed by atoms with Crippen LogP contribution in [0.1, 0.15) is 42.1 Å². The van der Waals surface area contributed by atoms with E-state index in [-0.39, 0.29) is 12.9 Å². The van der Waals surface area contributed by atoms with E-state index in [1.165, 1.54) is 33.3 Å². The van der Waals surface area contributed by atoms with Crippen molar-refractivity contribution in [2.45, 2.75) is 60.0 Å². The maximum Gasteiger partial charge on any atom is 0.290 e. The SMILES string of the molecule is CCc1nccn1CC(C)NCCc1c(C)[nH]c2c(C)c(C)ccc12.O=CO.O=CO. The molecule has 31 heavy (non-hydrogen) atoms. The molecule has 1 aromatic carbocycles. The first kappa shape index (κ1) is 25.9. The second-order valence-corrected chi connectivity index (χ2v) is 7.32. The lowest BCUT2D eigenvalue weighted by molar-refractivity contribution is -0.123. The number of nitrogens with one attached hydrogen (secondary N) is 2. The van der Waals surface area contributed by atoms with E-state index >= 15 is 0 Å². The van der Waals surface area contributed by atoms with Crippen molar-refractivity contribution in [2.24, 2.45) is 0 Å². The zero-order chi connectivity index (χ0) is 23.4. The lowest BCUT2D eigenvalue weighted by Gasteiger charge is -2.16. The molecular formula is C23H34N4O4. The molecule has 2 aromatic heterocycles. The molecular weight excluding hydrogens is 396 g/mol. The Balaban J connectivity index is 0.000000720. The van der Waals surface area contributed by atoms with Crippen LogP contribution in [-0.4, -0.2) is 50.3 Å². The minimum atomic E-state index is -0.250. The van der Waals surface area contributed by atoms with Crippen LogP contribution in [0.4, 0.5) is 0 Å². The lowest BCUT2D eigenvalue weighted by Crippen LogP contribution is -2.32. The van der Waals surface area contributed by atoms with Crippen molar-refractivity contribution in [2.75, 3.05) is 6.54 Å². The number of carboxylic acid groups (broad SMARTS) is 2. The fourth-order valence-electron chi connectivity index (χ4n) is 3.64. The second kappa shape index (κ2) is 13.2. The van der Waals surface area contributed by atoms with Crippen LogP contribution in [0.3, 0.4) is 0 Å². The zero-order valence-corrected chi connectivity index (χ0v) is 19.0. The third-order valence-electron chi connectivity index (χ3n) is 5.28. The van der Waals surface area contributed by atoms with Gasteiger partial charge < -0.3 is 25.1 Å². The van der Waals surface area contributed by atoms with Gasteiger partial charge in [0.05, 0.1) is 0 Å². The highest BCUT2D eigenvalue weighted by molar-refractivity contribution is 5.88. The smallest absolute Gasteiger partial charge is 0.290 e. The van der Waals surface area contributed by atoms with E-state index in [9.17, 15) is 0 Å². The molecule has 0 saturated carbocycles. The monoisotopic (exact) mass is 430 g/mol. The molecule has 0 aliphatic carbocycles. The number of fused-ring (bicyclic) bond motifs is 1. The van der Waals surface area contributed by atoms with E-state index in [1.807, 2.05) is 6.20 Å². The van der Waals surface area contributed by atoms with Gasteiger partial charge in [-0.05, 0) is 57.4 Å². The van der Waals surface area contributed by atoms with Gasteiger partial charge in [-0.3, -0.25) is 9.59 Å². The molecule has 8 heteroatoms. The van der Waals surface area contributed by atoms with E-state index in [4.69, 9.17) is 19.8 Å². The van der Waals surface area contributed by atoms with Crippen LogP contribution in [-0.2, 0) is 29.0 Å². The van der Waals surface area contributed by atoms with Crippen molar-refractivity contribution in [3.63, 3.8) is 0 Å². The number of benzene rings is 1. The summed E-state index contributed by atoms with van der Waals surface area (Å²) < 4.78 is 2.25. The molecule has 1 unspecified atom stereocenters. The Morgan fingerprint density at radius 3 is 2.45 bits per heavy atom. The van der Waals surface area contributed by atoms with Crippen LogP contribution in [0.5, 0.6) is 0 Å². The Morgan fingerprint density at radius 1 is 1.19 bits per heavy atom. The molecule has 4 N–H and O–H groups in total. The number of carbonyl (C=O) groups is 2. The molecule has 3 rings (SSSR count).